The minimum atomic E-state index is -1.26. The first-order valence-corrected chi connectivity index (χ1v) is 14.8. The lowest BCUT2D eigenvalue weighted by Gasteiger charge is -2.51. The molecule has 0 aliphatic carbocycles. The Morgan fingerprint density at radius 1 is 1.07 bits per heavy atom. The first kappa shape index (κ1) is 34.1. The van der Waals surface area contributed by atoms with Gasteiger partial charge in [-0.2, -0.15) is 0 Å². The molecule has 43 heavy (non-hydrogen) atoms. The molecule has 12 heteroatoms. The maximum absolute atomic E-state index is 13.3. The van der Waals surface area contributed by atoms with E-state index in [0.29, 0.717) is 48.3 Å². The first-order valence-electron chi connectivity index (χ1n) is 14.0. The summed E-state index contributed by atoms with van der Waals surface area (Å²) in [4.78, 5) is 49.6. The fourth-order valence-corrected chi connectivity index (χ4v) is 5.89. The van der Waals surface area contributed by atoms with Crippen LogP contribution in [0.5, 0.6) is 0 Å². The molecule has 4 rings (SSSR count). The molecule has 3 atom stereocenters. The van der Waals surface area contributed by atoms with Crippen LogP contribution in [0.2, 0.25) is 10.0 Å². The van der Waals surface area contributed by atoms with Crippen LogP contribution in [0.4, 0.5) is 5.69 Å². The Labute approximate surface area is 261 Å². The maximum atomic E-state index is 13.3. The fourth-order valence-electron chi connectivity index (χ4n) is 5.46. The molecule has 4 N–H and O–H groups in total. The van der Waals surface area contributed by atoms with E-state index >= 15 is 0 Å². The van der Waals surface area contributed by atoms with Crippen LogP contribution in [0.1, 0.15) is 45.2 Å². The molecule has 0 unspecified atom stereocenters. The van der Waals surface area contributed by atoms with Crippen molar-refractivity contribution in [1.82, 2.24) is 15.5 Å². The molecule has 2 aromatic rings. The smallest absolute Gasteiger partial charge is 0.328 e. The number of carbonyl (C=O) groups is 4. The second-order valence-electron chi connectivity index (χ2n) is 11.2. The lowest BCUT2D eigenvalue weighted by molar-refractivity contribution is -0.134. The second kappa shape index (κ2) is 15.3. The quantitative estimate of drug-likeness (QED) is 0.315. The van der Waals surface area contributed by atoms with Gasteiger partial charge >= 0.3 is 11.9 Å². The molecule has 0 spiro atoms. The number of piperidine rings is 1. The Morgan fingerprint density at radius 3 is 2.35 bits per heavy atom. The summed E-state index contributed by atoms with van der Waals surface area (Å²) in [6.45, 7) is 8.56. The van der Waals surface area contributed by atoms with Crippen molar-refractivity contribution in [2.45, 2.75) is 51.2 Å². The van der Waals surface area contributed by atoms with E-state index in [0.717, 1.165) is 24.2 Å². The van der Waals surface area contributed by atoms with E-state index in [1.165, 1.54) is 0 Å². The third kappa shape index (κ3) is 9.53. The van der Waals surface area contributed by atoms with Crippen molar-refractivity contribution in [3.05, 3.63) is 76.3 Å². The van der Waals surface area contributed by atoms with Crippen molar-refractivity contribution in [1.29, 1.82) is 0 Å². The topological polar surface area (TPSA) is 139 Å². The molecule has 2 fully saturated rings. The number of rotatable bonds is 8. The lowest BCUT2D eigenvalue weighted by atomic mass is 9.88. The normalized spacial score (nSPS) is 21.0. The maximum Gasteiger partial charge on any atom is 0.328 e. The third-order valence-electron chi connectivity index (χ3n) is 7.56. The van der Waals surface area contributed by atoms with Crippen LogP contribution < -0.4 is 15.5 Å². The highest BCUT2D eigenvalue weighted by molar-refractivity contribution is 6.33. The van der Waals surface area contributed by atoms with Crippen LogP contribution in [-0.4, -0.2) is 76.6 Å². The van der Waals surface area contributed by atoms with Crippen LogP contribution >= 0.6 is 23.2 Å². The van der Waals surface area contributed by atoms with Crippen molar-refractivity contribution in [2.75, 3.05) is 31.1 Å². The summed E-state index contributed by atoms with van der Waals surface area (Å²) in [6.07, 6.45) is 2.60. The molecular weight excluding hydrogens is 595 g/mol. The van der Waals surface area contributed by atoms with Crippen molar-refractivity contribution in [3.63, 3.8) is 0 Å². The Morgan fingerprint density at radius 2 is 1.74 bits per heavy atom. The Bertz CT molecular complexity index is 1340. The van der Waals surface area contributed by atoms with Gasteiger partial charge in [0.25, 0.3) is 0 Å². The van der Waals surface area contributed by atoms with Gasteiger partial charge in [0.05, 0.1) is 29.2 Å². The largest absolute Gasteiger partial charge is 0.478 e. The number of anilines is 1. The van der Waals surface area contributed by atoms with Gasteiger partial charge < -0.3 is 25.7 Å². The molecule has 2 amide bonds. The van der Waals surface area contributed by atoms with Crippen molar-refractivity contribution < 1.29 is 29.4 Å². The summed E-state index contributed by atoms with van der Waals surface area (Å²) in [7, 11) is 0. The molecular formula is C31H38Cl2N4O6. The summed E-state index contributed by atoms with van der Waals surface area (Å²) in [5, 5.41) is 23.5. The molecule has 2 aliphatic heterocycles. The van der Waals surface area contributed by atoms with Gasteiger partial charge in [-0.05, 0) is 56.5 Å². The van der Waals surface area contributed by atoms with E-state index in [2.05, 4.69) is 36.3 Å². The SMILES string of the molecule is CC[C@@H](NC(=O)[C@@H]1CNC[C@H](N2CC(=O)N(c3ccccc3Cl)CC2(C)C)C1)c1cccc(Cl)c1.O=C(O)/C=C/C(=O)O. The van der Waals surface area contributed by atoms with Crippen LogP contribution in [0.15, 0.2) is 60.7 Å². The van der Waals surface area contributed by atoms with Gasteiger partial charge in [-0.25, -0.2) is 9.59 Å². The van der Waals surface area contributed by atoms with Gasteiger partial charge in [-0.1, -0.05) is 54.4 Å². The van der Waals surface area contributed by atoms with Crippen LogP contribution in [0.3, 0.4) is 0 Å². The number of hydrogen-bond donors (Lipinski definition) is 4. The minimum absolute atomic E-state index is 0.0241. The number of hydrogen-bond acceptors (Lipinski definition) is 6. The van der Waals surface area contributed by atoms with E-state index in [-0.39, 0.29) is 35.4 Å². The van der Waals surface area contributed by atoms with Crippen molar-refractivity contribution in [2.24, 2.45) is 5.92 Å². The van der Waals surface area contributed by atoms with Crippen LogP contribution in [-0.2, 0) is 19.2 Å². The number of nitrogens with zero attached hydrogens (tertiary/aromatic N) is 2. The van der Waals surface area contributed by atoms with Gasteiger partial charge in [0.15, 0.2) is 0 Å². The highest BCUT2D eigenvalue weighted by Crippen LogP contribution is 2.34. The molecule has 0 radical (unpaired) electrons. The molecule has 2 aliphatic rings. The summed E-state index contributed by atoms with van der Waals surface area (Å²) in [5.41, 5.74) is 1.48. The number of carboxylic acids is 2. The van der Waals surface area contributed by atoms with Gasteiger partial charge in [-0.15, -0.1) is 0 Å². The van der Waals surface area contributed by atoms with E-state index in [9.17, 15) is 19.2 Å². The van der Waals surface area contributed by atoms with Crippen LogP contribution in [0, 0.1) is 5.92 Å². The number of aliphatic carboxylic acids is 2. The standard InChI is InChI=1S/C27H34Cl2N4O2.C4H4O4/c1-4-23(18-8-7-9-20(28)12-18)31-26(35)19-13-21(15-30-14-19)33-16-25(34)32(17-27(33,2)3)24-11-6-5-10-22(24)29;5-3(6)1-2-4(7)8/h5-12,19,21,23,30H,4,13-17H2,1-3H3,(H,31,35);1-2H,(H,5,6)(H,7,8)/b;2-1+/t19-,21+,23+;/m0./s1. The van der Waals surface area contributed by atoms with Gasteiger partial charge in [0.1, 0.15) is 0 Å². The molecule has 0 saturated carbocycles. The highest BCUT2D eigenvalue weighted by atomic mass is 35.5. The molecule has 2 heterocycles. The zero-order chi connectivity index (χ0) is 31.7. The van der Waals surface area contributed by atoms with E-state index in [1.807, 2.05) is 48.5 Å². The third-order valence-corrected chi connectivity index (χ3v) is 8.11. The number of benzene rings is 2. The number of carboxylic acid groups (broad SMARTS) is 2. The Hall–Kier alpha value is -3.44. The number of nitrogens with one attached hydrogen (secondary N) is 2. The molecule has 232 valence electrons. The molecule has 2 aromatic carbocycles. The summed E-state index contributed by atoms with van der Waals surface area (Å²) >= 11 is 12.6. The monoisotopic (exact) mass is 632 g/mol. The van der Waals surface area contributed by atoms with E-state index < -0.39 is 11.9 Å². The lowest BCUT2D eigenvalue weighted by Crippen LogP contribution is -2.67. The molecule has 10 nitrogen and oxygen atoms in total. The minimum Gasteiger partial charge on any atom is -0.478 e. The number of amides is 2. The summed E-state index contributed by atoms with van der Waals surface area (Å²) < 4.78 is 0. The van der Waals surface area contributed by atoms with Crippen molar-refractivity contribution >= 4 is 52.6 Å². The van der Waals surface area contributed by atoms with Crippen LogP contribution in [0.25, 0.3) is 0 Å². The predicted octanol–water partition coefficient (Wildman–Crippen LogP) is 4.38. The Balaban J connectivity index is 0.000000557. The van der Waals surface area contributed by atoms with Crippen molar-refractivity contribution in [3.8, 4) is 0 Å². The molecule has 0 aromatic heterocycles. The second-order valence-corrected chi connectivity index (χ2v) is 12.0. The molecule has 0 bridgehead atoms. The fraction of sp³-hybridized carbons (Fsp3) is 0.419. The average molecular weight is 634 g/mol. The van der Waals surface area contributed by atoms with Gasteiger partial charge in [-0.3, -0.25) is 14.5 Å². The average Bonchev–Trinajstić information content (AvgIpc) is 2.96. The number of carbonyl (C=O) groups excluding carboxylic acids is 2. The predicted molar refractivity (Wildman–Crippen MR) is 166 cm³/mol. The molecule has 2 saturated heterocycles. The zero-order valence-electron chi connectivity index (χ0n) is 24.4. The van der Waals surface area contributed by atoms with Gasteiger partial charge in [0, 0.05) is 48.4 Å². The zero-order valence-corrected chi connectivity index (χ0v) is 25.9. The first-order chi connectivity index (χ1) is 20.3. The summed E-state index contributed by atoms with van der Waals surface area (Å²) in [5.74, 6) is -2.63. The highest BCUT2D eigenvalue weighted by Gasteiger charge is 2.44. The summed E-state index contributed by atoms with van der Waals surface area (Å²) in [6, 6.07) is 15.1. The van der Waals surface area contributed by atoms with E-state index in [1.54, 1.807) is 4.90 Å². The number of para-hydroxylation sites is 1. The number of halogens is 2. The number of piperazine rings is 1. The Kier molecular flexibility index (Phi) is 12.1. The van der Waals surface area contributed by atoms with Gasteiger partial charge in [0.2, 0.25) is 11.8 Å². The van der Waals surface area contributed by atoms with E-state index in [4.69, 9.17) is 33.4 Å².